The van der Waals surface area contributed by atoms with Crippen LogP contribution in [0.3, 0.4) is 0 Å². The van der Waals surface area contributed by atoms with Crippen molar-refractivity contribution in [3.05, 3.63) is 171 Å². The molecule has 3 heterocycles. The van der Waals surface area contributed by atoms with Crippen LogP contribution in [0, 0.1) is 6.92 Å². The molecule has 1 N–H and O–H groups in total. The Balaban J connectivity index is 1.39. The fourth-order valence-corrected chi connectivity index (χ4v) is 9.26. The first-order valence-electron chi connectivity index (χ1n) is 16.7. The zero-order valence-electron chi connectivity index (χ0n) is 27.6. The van der Waals surface area contributed by atoms with Crippen LogP contribution in [-0.4, -0.2) is 73.2 Å². The Morgan fingerprint density at radius 1 is 0.780 bits per heavy atom. The van der Waals surface area contributed by atoms with Crippen molar-refractivity contribution in [2.45, 2.75) is 41.0 Å². The average Bonchev–Trinajstić information content (AvgIpc) is 3.54. The molecule has 258 valence electrons. The van der Waals surface area contributed by atoms with Crippen molar-refractivity contribution in [1.29, 1.82) is 0 Å². The SMILES string of the molecule is Cc1ccc(S(=O)(=O)[C@@H]2[C@@H](N3CCOCC3)[C@H](n3ccc(=O)[nH]c3=O)O[C@@H]2COC(c2ccccc2)(c2ccccc2)c2ccccc2)cc1. The highest BCUT2D eigenvalue weighted by Crippen LogP contribution is 2.44. The largest absolute Gasteiger partial charge is 0.379 e. The standard InChI is InChI=1S/C39H39N3O7S/c1-28-17-19-32(20-18-28)50(45,46)36-33(49-37(35(36)41-23-25-47-26-24-41)42-22-21-34(43)40-38(42)44)27-48-39(29-11-5-2-6-12-29,30-13-7-3-8-14-30)31-15-9-4-10-16-31/h2-22,33,35-37H,23-27H2,1H3,(H,40,43,44)/t33-,35-,36+,37-/m1/s1. The van der Waals surface area contributed by atoms with Crippen LogP contribution in [0.5, 0.6) is 0 Å². The van der Waals surface area contributed by atoms with E-state index in [0.717, 1.165) is 22.3 Å². The van der Waals surface area contributed by atoms with E-state index in [-0.39, 0.29) is 11.5 Å². The number of H-pyrrole nitrogens is 1. The Morgan fingerprint density at radius 2 is 1.32 bits per heavy atom. The Morgan fingerprint density at radius 3 is 1.84 bits per heavy atom. The lowest BCUT2D eigenvalue weighted by atomic mass is 9.80. The van der Waals surface area contributed by atoms with Crippen LogP contribution >= 0.6 is 0 Å². The number of hydrogen-bond donors (Lipinski definition) is 1. The molecule has 2 fully saturated rings. The summed E-state index contributed by atoms with van der Waals surface area (Å²) in [5, 5.41) is -1.16. The van der Waals surface area contributed by atoms with Gasteiger partial charge in [-0.1, -0.05) is 109 Å². The van der Waals surface area contributed by atoms with E-state index in [1.807, 2.05) is 103 Å². The Bertz CT molecular complexity index is 2020. The van der Waals surface area contributed by atoms with Crippen molar-refractivity contribution in [3.63, 3.8) is 0 Å². The minimum Gasteiger partial charge on any atom is -0.379 e. The normalized spacial score (nSPS) is 21.6. The van der Waals surface area contributed by atoms with Gasteiger partial charge in [0, 0.05) is 25.4 Å². The summed E-state index contributed by atoms with van der Waals surface area (Å²) < 4.78 is 50.6. The third-order valence-corrected chi connectivity index (χ3v) is 11.8. The van der Waals surface area contributed by atoms with E-state index in [2.05, 4.69) is 4.98 Å². The number of aromatic amines is 1. The first-order valence-corrected chi connectivity index (χ1v) is 18.2. The number of benzene rings is 4. The van der Waals surface area contributed by atoms with Gasteiger partial charge in [-0.15, -0.1) is 0 Å². The van der Waals surface area contributed by atoms with Gasteiger partial charge in [-0.05, 0) is 35.7 Å². The van der Waals surface area contributed by atoms with Gasteiger partial charge in [0.25, 0.3) is 5.56 Å². The number of aryl methyl sites for hydroxylation is 1. The summed E-state index contributed by atoms with van der Waals surface area (Å²) in [6.45, 7) is 3.39. The minimum absolute atomic E-state index is 0.148. The zero-order valence-corrected chi connectivity index (χ0v) is 28.4. The van der Waals surface area contributed by atoms with Gasteiger partial charge in [-0.3, -0.25) is 19.2 Å². The quantitative estimate of drug-likeness (QED) is 0.215. The molecule has 0 saturated carbocycles. The molecule has 11 heteroatoms. The Labute approximate surface area is 290 Å². The highest BCUT2D eigenvalue weighted by Gasteiger charge is 2.56. The number of nitrogens with zero attached hydrogens (tertiary/aromatic N) is 2. The molecule has 0 aliphatic carbocycles. The monoisotopic (exact) mass is 693 g/mol. The molecule has 2 saturated heterocycles. The van der Waals surface area contributed by atoms with Gasteiger partial charge in [-0.2, -0.15) is 0 Å². The Kier molecular flexibility index (Phi) is 9.67. The van der Waals surface area contributed by atoms with E-state index in [4.69, 9.17) is 14.2 Å². The van der Waals surface area contributed by atoms with Gasteiger partial charge in [0.1, 0.15) is 17.0 Å². The zero-order chi connectivity index (χ0) is 34.7. The van der Waals surface area contributed by atoms with Crippen molar-refractivity contribution in [3.8, 4) is 0 Å². The van der Waals surface area contributed by atoms with Crippen LogP contribution in [0.15, 0.2) is 142 Å². The molecule has 10 nitrogen and oxygen atoms in total. The van der Waals surface area contributed by atoms with Crippen LogP contribution in [0.25, 0.3) is 0 Å². The summed E-state index contributed by atoms with van der Waals surface area (Å²) in [7, 11) is -4.10. The first-order chi connectivity index (χ1) is 24.3. The number of nitrogens with one attached hydrogen (secondary N) is 1. The minimum atomic E-state index is -4.10. The molecule has 2 aliphatic heterocycles. The van der Waals surface area contributed by atoms with Gasteiger partial charge in [0.2, 0.25) is 0 Å². The van der Waals surface area contributed by atoms with Gasteiger partial charge in [0.05, 0.1) is 30.8 Å². The molecule has 0 amide bonds. The maximum atomic E-state index is 14.9. The summed E-state index contributed by atoms with van der Waals surface area (Å²) >= 11 is 0. The third kappa shape index (κ3) is 6.38. The maximum absolute atomic E-state index is 14.9. The highest BCUT2D eigenvalue weighted by molar-refractivity contribution is 7.92. The van der Waals surface area contributed by atoms with Crippen molar-refractivity contribution in [2.75, 3.05) is 32.9 Å². The number of morpholine rings is 1. The van der Waals surface area contributed by atoms with Crippen molar-refractivity contribution >= 4 is 9.84 Å². The van der Waals surface area contributed by atoms with Crippen molar-refractivity contribution < 1.29 is 22.6 Å². The number of hydrogen-bond acceptors (Lipinski definition) is 8. The molecule has 5 aromatic rings. The van der Waals surface area contributed by atoms with Gasteiger partial charge < -0.3 is 14.2 Å². The van der Waals surface area contributed by atoms with E-state index >= 15 is 0 Å². The predicted octanol–water partition coefficient (Wildman–Crippen LogP) is 4.29. The van der Waals surface area contributed by atoms with E-state index in [1.165, 1.54) is 16.8 Å². The lowest BCUT2D eigenvalue weighted by Gasteiger charge is -2.38. The fraction of sp³-hybridized carbons (Fsp3) is 0.282. The second-order valence-electron chi connectivity index (χ2n) is 12.6. The smallest absolute Gasteiger partial charge is 0.330 e. The van der Waals surface area contributed by atoms with Crippen LogP contribution in [0.2, 0.25) is 0 Å². The second kappa shape index (κ2) is 14.3. The predicted molar refractivity (Wildman–Crippen MR) is 189 cm³/mol. The van der Waals surface area contributed by atoms with E-state index in [1.54, 1.807) is 24.3 Å². The molecule has 2 aliphatic rings. The summed E-state index contributed by atoms with van der Waals surface area (Å²) in [4.78, 5) is 29.9. The van der Waals surface area contributed by atoms with E-state index in [0.29, 0.717) is 26.3 Å². The Hall–Kier alpha value is -4.65. The van der Waals surface area contributed by atoms with Gasteiger partial charge >= 0.3 is 5.69 Å². The summed E-state index contributed by atoms with van der Waals surface area (Å²) in [5.41, 5.74) is 1.08. The van der Waals surface area contributed by atoms with Crippen molar-refractivity contribution in [2.24, 2.45) is 0 Å². The molecule has 50 heavy (non-hydrogen) atoms. The summed E-state index contributed by atoms with van der Waals surface area (Å²) in [6, 6.07) is 36.7. The van der Waals surface area contributed by atoms with Crippen LogP contribution in [0.1, 0.15) is 28.5 Å². The second-order valence-corrected chi connectivity index (χ2v) is 14.7. The molecular weight excluding hydrogens is 655 g/mol. The molecule has 0 spiro atoms. The molecule has 7 rings (SSSR count). The van der Waals surface area contributed by atoms with Crippen LogP contribution in [-0.2, 0) is 29.6 Å². The molecule has 0 bridgehead atoms. The number of ether oxygens (including phenoxy) is 3. The van der Waals surface area contributed by atoms with Crippen LogP contribution < -0.4 is 11.2 Å². The summed E-state index contributed by atoms with van der Waals surface area (Å²) in [6.07, 6.45) is -0.732. The summed E-state index contributed by atoms with van der Waals surface area (Å²) in [5.74, 6) is 0. The molecule has 4 aromatic carbocycles. The van der Waals surface area contributed by atoms with Gasteiger partial charge in [-0.25, -0.2) is 13.2 Å². The number of rotatable bonds is 10. The molecular formula is C39H39N3O7S. The molecule has 1 aromatic heterocycles. The van der Waals surface area contributed by atoms with Crippen molar-refractivity contribution in [1.82, 2.24) is 14.5 Å². The van der Waals surface area contributed by atoms with Crippen LogP contribution in [0.4, 0.5) is 0 Å². The first kappa shape index (κ1) is 33.8. The number of aromatic nitrogens is 2. The van der Waals surface area contributed by atoms with Gasteiger partial charge in [0.15, 0.2) is 16.1 Å². The van der Waals surface area contributed by atoms with E-state index in [9.17, 15) is 18.0 Å². The lowest BCUT2D eigenvalue weighted by molar-refractivity contribution is -0.0874. The molecule has 0 unspecified atom stereocenters. The molecule has 4 atom stereocenters. The maximum Gasteiger partial charge on any atom is 0.330 e. The topological polar surface area (TPSA) is 120 Å². The highest BCUT2D eigenvalue weighted by atomic mass is 32.2. The van der Waals surface area contributed by atoms with E-state index < -0.39 is 50.3 Å². The molecule has 0 radical (unpaired) electrons. The average molecular weight is 694 g/mol. The fourth-order valence-electron chi connectivity index (χ4n) is 7.22. The lowest BCUT2D eigenvalue weighted by Crippen LogP contribution is -2.55. The third-order valence-electron chi connectivity index (χ3n) is 9.61. The number of sulfone groups is 1.